The highest BCUT2D eigenvalue weighted by Gasteiger charge is 2.16. The van der Waals surface area contributed by atoms with Crippen molar-refractivity contribution in [1.82, 2.24) is 0 Å². The lowest BCUT2D eigenvalue weighted by Gasteiger charge is -2.18. The largest absolute Gasteiger partial charge is 0.455 e. The zero-order chi connectivity index (χ0) is 56.0. The van der Waals surface area contributed by atoms with E-state index < -0.39 is 263 Å². The Morgan fingerprint density at radius 1 is 0.396 bits per heavy atom. The van der Waals surface area contributed by atoms with Crippen molar-refractivity contribution >= 4 is 65.0 Å². The minimum atomic E-state index is -0.952. The van der Waals surface area contributed by atoms with E-state index in [4.69, 9.17) is 27.7 Å². The summed E-state index contributed by atoms with van der Waals surface area (Å²) in [5, 5.41) is -5.07. The molecule has 0 radical (unpaired) electrons. The maximum absolute atomic E-state index is 9.42. The molecule has 0 bridgehead atoms. The lowest BCUT2D eigenvalue weighted by atomic mass is 9.86. The number of fused-ring (bicyclic) bond motifs is 8. The third-order valence-electron chi connectivity index (χ3n) is 7.95. The van der Waals surface area contributed by atoms with Crippen molar-refractivity contribution in [3.8, 4) is 22.3 Å². The van der Waals surface area contributed by atoms with Gasteiger partial charge in [-0.25, -0.2) is 0 Å². The first-order chi connectivity index (χ1) is 35.5. The molecule has 1 nitrogen and oxygen atoms in total. The average Bonchev–Trinajstić information content (AvgIpc) is 3.85. The molecule has 9 aromatic carbocycles. The first kappa shape index (κ1) is 11.2. The molecule has 0 fully saturated rings. The van der Waals surface area contributed by atoms with Crippen LogP contribution in [-0.2, 0) is 6.42 Å². The highest BCUT2D eigenvalue weighted by Crippen LogP contribution is 2.41. The van der Waals surface area contributed by atoms with Crippen molar-refractivity contribution in [1.29, 1.82) is 0 Å². The van der Waals surface area contributed by atoms with E-state index in [-0.39, 0.29) is 10.8 Å². The Bertz CT molecular complexity index is 4350. The summed E-state index contributed by atoms with van der Waals surface area (Å²) >= 11 is 0. The lowest BCUT2D eigenvalue weighted by Crippen LogP contribution is -1.95. The van der Waals surface area contributed by atoms with Gasteiger partial charge in [0.15, 0.2) is 0 Å². The van der Waals surface area contributed by atoms with Gasteiger partial charge in [0.25, 0.3) is 0 Å². The summed E-state index contributed by atoms with van der Waals surface area (Å²) in [6.45, 7) is 0. The molecule has 0 aliphatic carbocycles. The van der Waals surface area contributed by atoms with E-state index >= 15 is 0 Å². The van der Waals surface area contributed by atoms with Gasteiger partial charge in [-0.05, 0) is 102 Å². The molecule has 10 rings (SSSR count). The van der Waals surface area contributed by atoms with Gasteiger partial charge in [-0.2, -0.15) is 0 Å². The van der Waals surface area contributed by atoms with Gasteiger partial charge in [0.05, 0.1) is 38.4 Å². The molecule has 0 saturated heterocycles. The first-order valence-electron chi connectivity index (χ1n) is 28.4. The van der Waals surface area contributed by atoms with Crippen LogP contribution in [0.25, 0.3) is 87.3 Å². The van der Waals surface area contributed by atoms with Crippen LogP contribution < -0.4 is 0 Å². The van der Waals surface area contributed by atoms with Gasteiger partial charge >= 0.3 is 0 Å². The first-order valence-corrected chi connectivity index (χ1v) is 14.4. The number of benzene rings is 9. The van der Waals surface area contributed by atoms with Crippen LogP contribution in [0.5, 0.6) is 0 Å². The van der Waals surface area contributed by atoms with E-state index in [9.17, 15) is 15.1 Å². The maximum Gasteiger partial charge on any atom is 0.143 e. The minimum Gasteiger partial charge on any atom is -0.455 e. The summed E-state index contributed by atoms with van der Waals surface area (Å²) in [7, 11) is 0. The molecule has 0 atom stereocenters. The Hall–Kier alpha value is -6.18. The van der Waals surface area contributed by atoms with Gasteiger partial charge in [0, 0.05) is 16.2 Å². The van der Waals surface area contributed by atoms with Crippen LogP contribution in [0, 0.1) is 0 Å². The summed E-state index contributed by atoms with van der Waals surface area (Å²) in [5.41, 5.74) is -4.74. The van der Waals surface area contributed by atoms with E-state index in [1.807, 2.05) is 0 Å². The molecule has 0 N–H and O–H groups in total. The zero-order valence-electron chi connectivity index (χ0n) is 52.1. The fraction of sp³-hybridized carbons (Fsp3) is 0.0213. The molecule has 1 heteroatoms. The van der Waals surface area contributed by atoms with Gasteiger partial charge < -0.3 is 4.42 Å². The Morgan fingerprint density at radius 3 is 1.73 bits per heavy atom. The molecule has 48 heavy (non-hydrogen) atoms. The monoisotopic (exact) mass is 638 g/mol. The fourth-order valence-corrected chi connectivity index (χ4v) is 5.80. The Kier molecular flexibility index (Phi) is 2.50. The topological polar surface area (TPSA) is 13.1 Å². The smallest absolute Gasteiger partial charge is 0.143 e. The molecular weight excluding hydrogens is 581 g/mol. The van der Waals surface area contributed by atoms with Crippen molar-refractivity contribution in [2.75, 3.05) is 0 Å². The van der Waals surface area contributed by atoms with Crippen molar-refractivity contribution in [2.24, 2.45) is 0 Å². The molecule has 1 heterocycles. The normalized spacial score (nSPS) is 20.0. The zero-order valence-corrected chi connectivity index (χ0v) is 24.1. The van der Waals surface area contributed by atoms with Gasteiger partial charge in [-0.1, -0.05) is 145 Å². The van der Waals surface area contributed by atoms with Crippen LogP contribution >= 0.6 is 0 Å². The van der Waals surface area contributed by atoms with E-state index in [1.54, 1.807) is 0 Å². The minimum absolute atomic E-state index is 0.365. The van der Waals surface area contributed by atoms with Crippen molar-refractivity contribution in [3.05, 3.63) is 180 Å². The Labute approximate surface area is 317 Å². The van der Waals surface area contributed by atoms with Crippen molar-refractivity contribution in [2.45, 2.75) is 6.42 Å². The van der Waals surface area contributed by atoms with Gasteiger partial charge in [0.2, 0.25) is 0 Å². The van der Waals surface area contributed by atoms with Gasteiger partial charge in [-0.15, -0.1) is 0 Å². The van der Waals surface area contributed by atoms with Gasteiger partial charge in [-0.3, -0.25) is 0 Å². The molecule has 224 valence electrons. The standard InChI is InChI=1S/C47H30O/c1-2-11-34-28-36(22-21-31(34)9-1)46-40-15-7-5-13-38(40)43(39-14-6-8-16-41(39)46)27-30-17-19-32(20-18-30)35-24-26-45-44(29-35)42-25-23-33-10-3-4-12-37(33)47(42)48-45/h1-26,28-29H,27H2/i1D,2D,3D,4D,5D,6D,7D,8D,9D,10D,11D,12D,13D,14D,15D,16D,17D,18D,19D,20D,21D,22D,23D,24D,25D,26D,28D,29D. The van der Waals surface area contributed by atoms with E-state index in [2.05, 4.69) is 0 Å². The highest BCUT2D eigenvalue weighted by molar-refractivity contribution is 6.17. The quantitative estimate of drug-likeness (QED) is 0.175. The van der Waals surface area contributed by atoms with Crippen LogP contribution in [-0.4, -0.2) is 0 Å². The molecule has 10 aromatic rings. The fourth-order valence-electron chi connectivity index (χ4n) is 5.80. The molecular formula is C47H30O. The molecule has 0 amide bonds. The summed E-state index contributed by atoms with van der Waals surface area (Å²) in [6.07, 6.45) is -0.923. The van der Waals surface area contributed by atoms with Gasteiger partial charge in [0.1, 0.15) is 11.2 Å². The van der Waals surface area contributed by atoms with Crippen molar-refractivity contribution < 1.29 is 42.8 Å². The van der Waals surface area contributed by atoms with Crippen LogP contribution in [0.1, 0.15) is 49.5 Å². The second-order valence-electron chi connectivity index (χ2n) is 10.6. The van der Waals surface area contributed by atoms with Crippen LogP contribution in [0.3, 0.4) is 0 Å². The number of furan rings is 1. The van der Waals surface area contributed by atoms with Crippen molar-refractivity contribution in [3.63, 3.8) is 0 Å². The van der Waals surface area contributed by atoms with E-state index in [0.717, 1.165) is 0 Å². The molecule has 0 aliphatic heterocycles. The number of hydrogen-bond donors (Lipinski definition) is 0. The molecule has 0 aliphatic rings. The van der Waals surface area contributed by atoms with E-state index in [1.165, 1.54) is 0 Å². The second kappa shape index (κ2) is 10.7. The lowest BCUT2D eigenvalue weighted by molar-refractivity contribution is 0.672. The summed E-state index contributed by atoms with van der Waals surface area (Å²) in [6, 6.07) is -23.5. The summed E-state index contributed by atoms with van der Waals surface area (Å²) in [5.74, 6) is 0. The molecule has 0 spiro atoms. The number of rotatable bonds is 4. The Morgan fingerprint density at radius 2 is 0.979 bits per heavy atom. The maximum atomic E-state index is 9.42. The third-order valence-corrected chi connectivity index (χ3v) is 7.95. The number of hydrogen-bond acceptors (Lipinski definition) is 1. The Balaban J connectivity index is 1.32. The summed E-state index contributed by atoms with van der Waals surface area (Å²) < 4.78 is 256. The van der Waals surface area contributed by atoms with Crippen LogP contribution in [0.4, 0.5) is 0 Å². The predicted octanol–water partition coefficient (Wildman–Crippen LogP) is 13.1. The van der Waals surface area contributed by atoms with E-state index in [0.29, 0.717) is 0 Å². The molecule has 0 saturated carbocycles. The SMILES string of the molecule is [2H]c1c([2H])c(-c2c([2H])c([2H])c3oc4c5c([2H])c([2H])c([2H])c([2H])c5c([2H])c([2H])c4c3c2[2H])c([2H])c([2H])c1Cc1c2c([2H])c([2H])c([2H])c([2H])c2c(-c2c([2H])c([2H])c3c([2H])c([2H])c([2H])c([2H])c3c2[2H])c2c([2H])c([2H])c([2H])c([2H])c12. The predicted molar refractivity (Wildman–Crippen MR) is 204 cm³/mol. The molecule has 1 aromatic heterocycles. The third kappa shape index (κ3) is 4.25. The van der Waals surface area contributed by atoms with Crippen LogP contribution in [0.15, 0.2) is 174 Å². The summed E-state index contributed by atoms with van der Waals surface area (Å²) in [4.78, 5) is 0. The van der Waals surface area contributed by atoms with Crippen LogP contribution in [0.2, 0.25) is 0 Å². The average molecular weight is 639 g/mol. The molecule has 0 unspecified atom stereocenters. The second-order valence-corrected chi connectivity index (χ2v) is 10.6. The highest BCUT2D eigenvalue weighted by atomic mass is 16.3.